The smallest absolute Gasteiger partial charge is 0.303 e. The van der Waals surface area contributed by atoms with Crippen molar-refractivity contribution in [3.8, 4) is 0 Å². The van der Waals surface area contributed by atoms with Gasteiger partial charge in [-0.25, -0.2) is 0 Å². The molecule has 122 valence electrons. The van der Waals surface area contributed by atoms with Gasteiger partial charge in [0.1, 0.15) is 0 Å². The molecule has 0 unspecified atom stereocenters. The standard InChI is InChI=1S/C16H28O5/c1-21-9-7-5-3-2-4-6-8-12-13(10-16(19)20)15(18)11-14(12)17/h6,8,12-15,17-18H,2-5,7,9-11H2,1H3,(H,19,20)/t12-,13-,14+,15+/m0/s1. The normalized spacial score (nSPS) is 29.3. The summed E-state index contributed by atoms with van der Waals surface area (Å²) in [5, 5.41) is 28.6. The van der Waals surface area contributed by atoms with Gasteiger partial charge in [-0.15, -0.1) is 0 Å². The maximum atomic E-state index is 10.8. The number of methoxy groups -OCH3 is 1. The van der Waals surface area contributed by atoms with E-state index in [4.69, 9.17) is 9.84 Å². The molecular weight excluding hydrogens is 272 g/mol. The van der Waals surface area contributed by atoms with E-state index in [1.165, 1.54) is 0 Å². The molecule has 0 aromatic carbocycles. The van der Waals surface area contributed by atoms with Crippen LogP contribution >= 0.6 is 0 Å². The van der Waals surface area contributed by atoms with E-state index >= 15 is 0 Å². The van der Waals surface area contributed by atoms with Crippen LogP contribution in [0.5, 0.6) is 0 Å². The third-order valence-electron chi connectivity index (χ3n) is 4.15. The van der Waals surface area contributed by atoms with Crippen LogP contribution in [0.15, 0.2) is 12.2 Å². The van der Waals surface area contributed by atoms with Crippen LogP contribution in [0, 0.1) is 11.8 Å². The highest BCUT2D eigenvalue weighted by Crippen LogP contribution is 2.36. The fourth-order valence-electron chi connectivity index (χ4n) is 2.98. The zero-order valence-electron chi connectivity index (χ0n) is 12.8. The Morgan fingerprint density at radius 2 is 1.90 bits per heavy atom. The number of allylic oxidation sites excluding steroid dienone is 1. The van der Waals surface area contributed by atoms with E-state index in [0.717, 1.165) is 38.7 Å². The Morgan fingerprint density at radius 3 is 2.57 bits per heavy atom. The van der Waals surface area contributed by atoms with Crippen LogP contribution in [0.1, 0.15) is 44.9 Å². The average molecular weight is 300 g/mol. The molecule has 3 N–H and O–H groups in total. The monoisotopic (exact) mass is 300 g/mol. The average Bonchev–Trinajstić information content (AvgIpc) is 2.67. The van der Waals surface area contributed by atoms with Crippen LogP contribution in [-0.4, -0.2) is 47.2 Å². The lowest BCUT2D eigenvalue weighted by molar-refractivity contribution is -0.139. The first-order chi connectivity index (χ1) is 10.1. The lowest BCUT2D eigenvalue weighted by Crippen LogP contribution is -2.23. The van der Waals surface area contributed by atoms with Gasteiger partial charge in [0.25, 0.3) is 0 Å². The number of carboxylic acids is 1. The number of ether oxygens (including phenoxy) is 1. The van der Waals surface area contributed by atoms with Gasteiger partial charge in [-0.1, -0.05) is 25.0 Å². The Bertz CT molecular complexity index is 329. The molecule has 0 aromatic rings. The molecule has 21 heavy (non-hydrogen) atoms. The highest BCUT2D eigenvalue weighted by molar-refractivity contribution is 5.67. The summed E-state index contributed by atoms with van der Waals surface area (Å²) in [5.41, 5.74) is 0. The number of hydrogen-bond acceptors (Lipinski definition) is 4. The van der Waals surface area contributed by atoms with E-state index in [2.05, 4.69) is 0 Å². The molecule has 0 saturated heterocycles. The Morgan fingerprint density at radius 1 is 1.19 bits per heavy atom. The largest absolute Gasteiger partial charge is 0.481 e. The molecule has 0 bridgehead atoms. The first-order valence-electron chi connectivity index (χ1n) is 7.79. The van der Waals surface area contributed by atoms with Gasteiger partial charge in [0.2, 0.25) is 0 Å². The molecule has 0 aliphatic heterocycles. The van der Waals surface area contributed by atoms with Crippen LogP contribution in [0.3, 0.4) is 0 Å². The predicted molar refractivity (Wildman–Crippen MR) is 80.0 cm³/mol. The number of aliphatic hydroxyl groups excluding tert-OH is 2. The summed E-state index contributed by atoms with van der Waals surface area (Å²) in [4.78, 5) is 10.8. The van der Waals surface area contributed by atoms with E-state index in [1.807, 2.05) is 12.2 Å². The molecule has 0 spiro atoms. The van der Waals surface area contributed by atoms with E-state index < -0.39 is 18.2 Å². The van der Waals surface area contributed by atoms with Gasteiger partial charge in [0.15, 0.2) is 0 Å². The summed E-state index contributed by atoms with van der Waals surface area (Å²) in [5.74, 6) is -1.55. The van der Waals surface area contributed by atoms with Crippen molar-refractivity contribution in [2.45, 2.75) is 57.2 Å². The van der Waals surface area contributed by atoms with E-state index in [9.17, 15) is 15.0 Å². The number of carboxylic acid groups (broad SMARTS) is 1. The van der Waals surface area contributed by atoms with Crippen molar-refractivity contribution in [3.05, 3.63) is 12.2 Å². The molecule has 5 heteroatoms. The molecule has 0 amide bonds. The minimum absolute atomic E-state index is 0.0930. The van der Waals surface area contributed by atoms with Crippen LogP contribution < -0.4 is 0 Å². The van der Waals surface area contributed by atoms with Gasteiger partial charge in [-0.3, -0.25) is 4.79 Å². The molecule has 4 atom stereocenters. The lowest BCUT2D eigenvalue weighted by Gasteiger charge is -2.18. The Kier molecular flexibility index (Phi) is 8.57. The van der Waals surface area contributed by atoms with Gasteiger partial charge < -0.3 is 20.1 Å². The lowest BCUT2D eigenvalue weighted by atomic mass is 9.90. The number of aliphatic carboxylic acids is 1. The van der Waals surface area contributed by atoms with Crippen LogP contribution in [0.2, 0.25) is 0 Å². The number of unbranched alkanes of at least 4 members (excludes halogenated alkanes) is 4. The van der Waals surface area contributed by atoms with Crippen LogP contribution in [-0.2, 0) is 9.53 Å². The van der Waals surface area contributed by atoms with Gasteiger partial charge in [0, 0.05) is 32.0 Å². The van der Waals surface area contributed by atoms with E-state index in [0.29, 0.717) is 0 Å². The fourth-order valence-corrected chi connectivity index (χ4v) is 2.98. The van der Waals surface area contributed by atoms with Crippen molar-refractivity contribution in [1.29, 1.82) is 0 Å². The van der Waals surface area contributed by atoms with Crippen LogP contribution in [0.25, 0.3) is 0 Å². The molecule has 0 radical (unpaired) electrons. The molecule has 1 aliphatic carbocycles. The maximum absolute atomic E-state index is 10.8. The third-order valence-corrected chi connectivity index (χ3v) is 4.15. The van der Waals surface area contributed by atoms with E-state index in [1.54, 1.807) is 7.11 Å². The van der Waals surface area contributed by atoms with Crippen molar-refractivity contribution >= 4 is 5.97 Å². The number of rotatable bonds is 10. The maximum Gasteiger partial charge on any atom is 0.303 e. The molecule has 5 nitrogen and oxygen atoms in total. The zero-order valence-corrected chi connectivity index (χ0v) is 12.8. The number of aliphatic hydroxyl groups is 2. The second-order valence-corrected chi connectivity index (χ2v) is 5.83. The third kappa shape index (κ3) is 6.59. The molecule has 1 aliphatic rings. The molecule has 0 heterocycles. The van der Waals surface area contributed by atoms with Gasteiger partial charge in [0.05, 0.1) is 18.6 Å². The van der Waals surface area contributed by atoms with Crippen molar-refractivity contribution < 1.29 is 24.9 Å². The Hall–Kier alpha value is -0.910. The number of carbonyl (C=O) groups is 1. The predicted octanol–water partition coefficient (Wildman–Crippen LogP) is 1.97. The van der Waals surface area contributed by atoms with Gasteiger partial charge >= 0.3 is 5.97 Å². The molecule has 1 rings (SSSR count). The zero-order chi connectivity index (χ0) is 15.7. The molecule has 1 fully saturated rings. The summed E-state index contributed by atoms with van der Waals surface area (Å²) in [6.45, 7) is 0.804. The Labute approximate surface area is 126 Å². The van der Waals surface area contributed by atoms with Crippen LogP contribution in [0.4, 0.5) is 0 Å². The second-order valence-electron chi connectivity index (χ2n) is 5.83. The van der Waals surface area contributed by atoms with Crippen molar-refractivity contribution in [1.82, 2.24) is 0 Å². The van der Waals surface area contributed by atoms with Gasteiger partial charge in [-0.2, -0.15) is 0 Å². The van der Waals surface area contributed by atoms with Crippen molar-refractivity contribution in [2.75, 3.05) is 13.7 Å². The van der Waals surface area contributed by atoms with E-state index in [-0.39, 0.29) is 24.7 Å². The minimum Gasteiger partial charge on any atom is -0.481 e. The summed E-state index contributed by atoms with van der Waals surface area (Å²) in [6, 6.07) is 0. The minimum atomic E-state index is -0.926. The quantitative estimate of drug-likeness (QED) is 0.424. The summed E-state index contributed by atoms with van der Waals surface area (Å²) >= 11 is 0. The number of hydrogen-bond donors (Lipinski definition) is 3. The molecular formula is C16H28O5. The first-order valence-corrected chi connectivity index (χ1v) is 7.79. The fraction of sp³-hybridized carbons (Fsp3) is 0.812. The SMILES string of the molecule is COCCCCCCC=C[C@H]1[C@H](CC(=O)O)[C@H](O)C[C@H]1O. The summed E-state index contributed by atoms with van der Waals surface area (Å²) in [6.07, 6.45) is 8.09. The highest BCUT2D eigenvalue weighted by Gasteiger charge is 2.41. The summed E-state index contributed by atoms with van der Waals surface area (Å²) in [7, 11) is 1.71. The van der Waals surface area contributed by atoms with Gasteiger partial charge in [-0.05, 0) is 19.3 Å². The topological polar surface area (TPSA) is 87.0 Å². The highest BCUT2D eigenvalue weighted by atomic mass is 16.5. The second kappa shape index (κ2) is 9.92. The van der Waals surface area contributed by atoms with Crippen molar-refractivity contribution in [3.63, 3.8) is 0 Å². The molecule has 0 aromatic heterocycles. The molecule has 1 saturated carbocycles. The first kappa shape index (κ1) is 18.1. The summed E-state index contributed by atoms with van der Waals surface area (Å²) < 4.78 is 4.99. The Balaban J connectivity index is 2.30. The van der Waals surface area contributed by atoms with Crippen molar-refractivity contribution in [2.24, 2.45) is 11.8 Å².